The Hall–Kier alpha value is -0.910. The highest BCUT2D eigenvalue weighted by Crippen LogP contribution is 2.30. The summed E-state index contributed by atoms with van der Waals surface area (Å²) in [5.41, 5.74) is 1.17. The van der Waals surface area contributed by atoms with Crippen LogP contribution in [0.5, 0.6) is 11.5 Å². The molecule has 5 heteroatoms. The summed E-state index contributed by atoms with van der Waals surface area (Å²) in [4.78, 5) is 0. The Labute approximate surface area is 140 Å². The van der Waals surface area contributed by atoms with Crippen molar-refractivity contribution in [1.82, 2.24) is 5.32 Å². The van der Waals surface area contributed by atoms with Crippen LogP contribution in [0.25, 0.3) is 0 Å². The lowest BCUT2D eigenvalue weighted by molar-refractivity contribution is 0.441. The molecule has 2 aromatic carbocycles. The van der Waals surface area contributed by atoms with Gasteiger partial charge in [-0.3, -0.25) is 0 Å². The van der Waals surface area contributed by atoms with Gasteiger partial charge in [0, 0.05) is 21.5 Å². The molecule has 1 fully saturated rings. The Bertz CT molecular complexity index is 659. The maximum Gasteiger partial charge on any atom is 0.166 e. The third-order valence-corrected chi connectivity index (χ3v) is 4.54. The first-order valence-corrected chi connectivity index (χ1v) is 8.35. The molecule has 0 heterocycles. The molecule has 0 bridgehead atoms. The molecule has 0 amide bonds. The van der Waals surface area contributed by atoms with Gasteiger partial charge in [-0.05, 0) is 48.7 Å². The van der Waals surface area contributed by atoms with Crippen molar-refractivity contribution in [2.24, 2.45) is 0 Å². The lowest BCUT2D eigenvalue weighted by Crippen LogP contribution is -2.15. The number of nitrogens with one attached hydrogen (secondary N) is 1. The standard InChI is InChI=1S/C16H14Br2FNO/c17-11-2-6-16(15(19)7-11)21-13-5-1-10(14(18)8-13)9-20-12-3-4-12/h1-2,5-8,12,20H,3-4,9H2. The Morgan fingerprint density at radius 2 is 1.95 bits per heavy atom. The molecule has 3 rings (SSSR count). The minimum atomic E-state index is -0.389. The van der Waals surface area contributed by atoms with Gasteiger partial charge in [-0.15, -0.1) is 0 Å². The molecule has 0 aromatic heterocycles. The SMILES string of the molecule is Fc1cc(Br)ccc1Oc1ccc(CNC2CC2)c(Br)c1. The van der Waals surface area contributed by atoms with Crippen LogP contribution >= 0.6 is 31.9 Å². The van der Waals surface area contributed by atoms with Gasteiger partial charge in [-0.1, -0.05) is 37.9 Å². The van der Waals surface area contributed by atoms with E-state index in [-0.39, 0.29) is 11.6 Å². The largest absolute Gasteiger partial charge is 0.454 e. The van der Waals surface area contributed by atoms with Crippen LogP contribution in [-0.2, 0) is 6.54 Å². The Morgan fingerprint density at radius 3 is 2.62 bits per heavy atom. The molecule has 0 spiro atoms. The summed E-state index contributed by atoms with van der Waals surface area (Å²) < 4.78 is 21.0. The van der Waals surface area contributed by atoms with Crippen molar-refractivity contribution in [2.45, 2.75) is 25.4 Å². The van der Waals surface area contributed by atoms with Gasteiger partial charge < -0.3 is 10.1 Å². The lowest BCUT2D eigenvalue weighted by Gasteiger charge is -2.10. The van der Waals surface area contributed by atoms with E-state index in [1.165, 1.54) is 24.5 Å². The smallest absolute Gasteiger partial charge is 0.166 e. The van der Waals surface area contributed by atoms with E-state index in [9.17, 15) is 4.39 Å². The van der Waals surface area contributed by atoms with Crippen LogP contribution in [0.2, 0.25) is 0 Å². The molecule has 110 valence electrons. The van der Waals surface area contributed by atoms with Gasteiger partial charge in [0.2, 0.25) is 0 Å². The zero-order valence-corrected chi connectivity index (χ0v) is 14.4. The molecule has 2 aromatic rings. The number of halogens is 3. The zero-order valence-electron chi connectivity index (χ0n) is 11.2. The highest BCUT2D eigenvalue weighted by atomic mass is 79.9. The number of hydrogen-bond donors (Lipinski definition) is 1. The van der Waals surface area contributed by atoms with Gasteiger partial charge in [0.25, 0.3) is 0 Å². The average molecular weight is 415 g/mol. The Balaban J connectivity index is 1.71. The van der Waals surface area contributed by atoms with Crippen molar-refractivity contribution < 1.29 is 9.13 Å². The van der Waals surface area contributed by atoms with Crippen LogP contribution in [0.15, 0.2) is 45.3 Å². The Kier molecular flexibility index (Phi) is 4.62. The predicted octanol–water partition coefficient (Wildman–Crippen LogP) is 5.40. The van der Waals surface area contributed by atoms with Gasteiger partial charge in [0.15, 0.2) is 11.6 Å². The van der Waals surface area contributed by atoms with Crippen LogP contribution in [-0.4, -0.2) is 6.04 Å². The summed E-state index contributed by atoms with van der Waals surface area (Å²) >= 11 is 6.77. The van der Waals surface area contributed by atoms with Crippen LogP contribution in [0.4, 0.5) is 4.39 Å². The van der Waals surface area contributed by atoms with Crippen molar-refractivity contribution in [3.63, 3.8) is 0 Å². The fraction of sp³-hybridized carbons (Fsp3) is 0.250. The summed E-state index contributed by atoms with van der Waals surface area (Å²) in [5.74, 6) is 0.437. The number of rotatable bonds is 5. The maximum atomic E-state index is 13.8. The molecule has 21 heavy (non-hydrogen) atoms. The van der Waals surface area contributed by atoms with E-state index in [2.05, 4.69) is 37.2 Å². The van der Waals surface area contributed by atoms with E-state index in [1.807, 2.05) is 18.2 Å². The van der Waals surface area contributed by atoms with Crippen molar-refractivity contribution in [2.75, 3.05) is 0 Å². The predicted molar refractivity (Wildman–Crippen MR) is 88.2 cm³/mol. The van der Waals surface area contributed by atoms with Gasteiger partial charge in [-0.2, -0.15) is 0 Å². The first-order chi connectivity index (χ1) is 10.1. The fourth-order valence-electron chi connectivity index (χ4n) is 1.96. The molecule has 0 radical (unpaired) electrons. The van der Waals surface area contributed by atoms with Crippen molar-refractivity contribution >= 4 is 31.9 Å². The second-order valence-corrected chi connectivity index (χ2v) is 6.86. The third kappa shape index (κ3) is 4.05. The van der Waals surface area contributed by atoms with E-state index in [4.69, 9.17) is 4.74 Å². The minimum Gasteiger partial charge on any atom is -0.454 e. The van der Waals surface area contributed by atoms with E-state index < -0.39 is 0 Å². The van der Waals surface area contributed by atoms with Crippen LogP contribution < -0.4 is 10.1 Å². The van der Waals surface area contributed by atoms with Crippen molar-refractivity contribution in [1.29, 1.82) is 0 Å². The van der Waals surface area contributed by atoms with Crippen molar-refractivity contribution in [3.8, 4) is 11.5 Å². The molecule has 0 atom stereocenters. The molecule has 0 aliphatic heterocycles. The van der Waals surface area contributed by atoms with E-state index in [1.54, 1.807) is 12.1 Å². The highest BCUT2D eigenvalue weighted by Gasteiger charge is 2.20. The highest BCUT2D eigenvalue weighted by molar-refractivity contribution is 9.10. The summed E-state index contributed by atoms with van der Waals surface area (Å²) in [6.07, 6.45) is 2.53. The summed E-state index contributed by atoms with van der Waals surface area (Å²) in [7, 11) is 0. The molecule has 1 saturated carbocycles. The van der Waals surface area contributed by atoms with Gasteiger partial charge in [0.1, 0.15) is 5.75 Å². The monoisotopic (exact) mass is 413 g/mol. The molecule has 1 N–H and O–H groups in total. The average Bonchev–Trinajstić information content (AvgIpc) is 3.25. The van der Waals surface area contributed by atoms with Crippen LogP contribution in [0, 0.1) is 5.82 Å². The number of ether oxygens (including phenoxy) is 1. The molecule has 0 saturated heterocycles. The van der Waals surface area contributed by atoms with E-state index >= 15 is 0 Å². The van der Waals surface area contributed by atoms with E-state index in [0.717, 1.165) is 11.0 Å². The lowest BCUT2D eigenvalue weighted by atomic mass is 10.2. The molecule has 1 aliphatic rings. The molecular weight excluding hydrogens is 401 g/mol. The van der Waals surface area contributed by atoms with Gasteiger partial charge >= 0.3 is 0 Å². The zero-order chi connectivity index (χ0) is 14.8. The second-order valence-electron chi connectivity index (χ2n) is 5.09. The normalized spacial score (nSPS) is 14.2. The molecule has 1 aliphatic carbocycles. The third-order valence-electron chi connectivity index (χ3n) is 3.30. The van der Waals surface area contributed by atoms with Crippen LogP contribution in [0.3, 0.4) is 0 Å². The molecule has 2 nitrogen and oxygen atoms in total. The molecular formula is C16H14Br2FNO. The van der Waals surface area contributed by atoms with Crippen molar-refractivity contribution in [3.05, 3.63) is 56.7 Å². The Morgan fingerprint density at radius 1 is 1.14 bits per heavy atom. The summed E-state index contributed by atoms with van der Waals surface area (Å²) in [6, 6.07) is 11.1. The second kappa shape index (κ2) is 6.46. The number of hydrogen-bond acceptors (Lipinski definition) is 2. The molecule has 0 unspecified atom stereocenters. The van der Waals surface area contributed by atoms with E-state index in [0.29, 0.717) is 16.3 Å². The fourth-order valence-corrected chi connectivity index (χ4v) is 2.79. The van der Waals surface area contributed by atoms with Crippen LogP contribution in [0.1, 0.15) is 18.4 Å². The topological polar surface area (TPSA) is 21.3 Å². The first-order valence-electron chi connectivity index (χ1n) is 6.76. The quantitative estimate of drug-likeness (QED) is 0.707. The summed E-state index contributed by atoms with van der Waals surface area (Å²) in [5, 5.41) is 3.46. The number of benzene rings is 2. The maximum absolute atomic E-state index is 13.8. The summed E-state index contributed by atoms with van der Waals surface area (Å²) in [6.45, 7) is 0.832. The van der Waals surface area contributed by atoms with Gasteiger partial charge in [0.05, 0.1) is 0 Å². The minimum absolute atomic E-state index is 0.217. The van der Waals surface area contributed by atoms with Gasteiger partial charge in [-0.25, -0.2) is 4.39 Å². The first kappa shape index (κ1) is 15.0.